The van der Waals surface area contributed by atoms with E-state index in [1.807, 2.05) is 7.05 Å². The predicted molar refractivity (Wildman–Crippen MR) is 39.4 cm³/mol. The molecule has 0 aliphatic heterocycles. The zero-order valence-corrected chi connectivity index (χ0v) is 6.35. The van der Waals surface area contributed by atoms with E-state index >= 15 is 0 Å². The second-order valence-electron chi connectivity index (χ2n) is 2.39. The summed E-state index contributed by atoms with van der Waals surface area (Å²) in [6, 6.07) is 0. The summed E-state index contributed by atoms with van der Waals surface area (Å²) in [5.74, 6) is 0.458. The molecule has 0 heterocycles. The molecule has 0 radical (unpaired) electrons. The lowest BCUT2D eigenvalue weighted by molar-refractivity contribution is 0.216. The van der Waals surface area contributed by atoms with Crippen molar-refractivity contribution < 1.29 is 5.11 Å². The van der Waals surface area contributed by atoms with E-state index < -0.39 is 0 Å². The van der Waals surface area contributed by atoms with Crippen molar-refractivity contribution in [2.75, 3.05) is 20.2 Å². The van der Waals surface area contributed by atoms with Gasteiger partial charge in [0.2, 0.25) is 0 Å². The minimum Gasteiger partial charge on any atom is -0.396 e. The third-order valence-electron chi connectivity index (χ3n) is 1.45. The molecule has 0 spiro atoms. The molecule has 0 aliphatic rings. The van der Waals surface area contributed by atoms with E-state index in [9.17, 15) is 0 Å². The summed E-state index contributed by atoms with van der Waals surface area (Å²) in [6.07, 6.45) is 2.28. The van der Waals surface area contributed by atoms with Crippen molar-refractivity contribution in [2.24, 2.45) is 5.92 Å². The maximum absolute atomic E-state index is 8.75. The van der Waals surface area contributed by atoms with Gasteiger partial charge in [-0.2, -0.15) is 0 Å². The van der Waals surface area contributed by atoms with Gasteiger partial charge >= 0.3 is 0 Å². The second-order valence-corrected chi connectivity index (χ2v) is 2.39. The zero-order valence-electron chi connectivity index (χ0n) is 6.35. The largest absolute Gasteiger partial charge is 0.396 e. The van der Waals surface area contributed by atoms with Crippen LogP contribution >= 0.6 is 0 Å². The highest BCUT2D eigenvalue weighted by Gasteiger charge is 2.02. The van der Waals surface area contributed by atoms with Gasteiger partial charge in [0.25, 0.3) is 0 Å². The molecule has 0 saturated carbocycles. The molecule has 2 nitrogen and oxygen atoms in total. The molecule has 0 fully saturated rings. The van der Waals surface area contributed by atoms with Crippen LogP contribution in [0, 0.1) is 5.92 Å². The van der Waals surface area contributed by atoms with E-state index in [2.05, 4.69) is 12.2 Å². The minimum atomic E-state index is 0.314. The fourth-order valence-corrected chi connectivity index (χ4v) is 0.955. The van der Waals surface area contributed by atoms with Crippen LogP contribution in [0.1, 0.15) is 19.8 Å². The SMILES string of the molecule is CCCC(CO)CNC. The Morgan fingerprint density at radius 2 is 2.22 bits per heavy atom. The molecular weight excluding hydrogens is 114 g/mol. The molecule has 0 amide bonds. The summed E-state index contributed by atoms with van der Waals surface area (Å²) >= 11 is 0. The van der Waals surface area contributed by atoms with Gasteiger partial charge in [0, 0.05) is 6.61 Å². The van der Waals surface area contributed by atoms with Crippen LogP contribution in [0.5, 0.6) is 0 Å². The highest BCUT2D eigenvalue weighted by Crippen LogP contribution is 2.02. The Morgan fingerprint density at radius 3 is 2.56 bits per heavy atom. The Morgan fingerprint density at radius 1 is 1.56 bits per heavy atom. The van der Waals surface area contributed by atoms with Gasteiger partial charge in [0.05, 0.1) is 0 Å². The molecule has 0 bridgehead atoms. The lowest BCUT2D eigenvalue weighted by atomic mass is 10.1. The maximum Gasteiger partial charge on any atom is 0.0471 e. The second kappa shape index (κ2) is 6.05. The third kappa shape index (κ3) is 4.43. The summed E-state index contributed by atoms with van der Waals surface area (Å²) in [5.41, 5.74) is 0. The quantitative estimate of drug-likeness (QED) is 0.573. The lowest BCUT2D eigenvalue weighted by Crippen LogP contribution is -2.21. The summed E-state index contributed by atoms with van der Waals surface area (Å²) in [5, 5.41) is 11.8. The molecule has 0 aromatic carbocycles. The van der Waals surface area contributed by atoms with Crippen molar-refractivity contribution in [3.63, 3.8) is 0 Å². The van der Waals surface area contributed by atoms with Gasteiger partial charge in [0.1, 0.15) is 0 Å². The van der Waals surface area contributed by atoms with Crippen LogP contribution in [0.2, 0.25) is 0 Å². The molecule has 2 heteroatoms. The van der Waals surface area contributed by atoms with Crippen molar-refractivity contribution >= 4 is 0 Å². The molecule has 56 valence electrons. The molecule has 0 aromatic heterocycles. The van der Waals surface area contributed by atoms with Crippen molar-refractivity contribution in [1.82, 2.24) is 5.32 Å². The smallest absolute Gasteiger partial charge is 0.0471 e. The standard InChI is InChI=1S/C7H17NO/c1-3-4-7(6-9)5-8-2/h7-9H,3-6H2,1-2H3. The lowest BCUT2D eigenvalue weighted by Gasteiger charge is -2.10. The average Bonchev–Trinajstić information content (AvgIpc) is 1.88. The predicted octanol–water partition coefficient (Wildman–Crippen LogP) is 0.614. The number of hydrogen-bond acceptors (Lipinski definition) is 2. The highest BCUT2D eigenvalue weighted by atomic mass is 16.3. The Kier molecular flexibility index (Phi) is 5.99. The first-order valence-electron chi connectivity index (χ1n) is 3.60. The van der Waals surface area contributed by atoms with E-state index in [1.165, 1.54) is 0 Å². The Hall–Kier alpha value is -0.0800. The van der Waals surface area contributed by atoms with Gasteiger partial charge in [-0.25, -0.2) is 0 Å². The van der Waals surface area contributed by atoms with Gasteiger partial charge in [-0.15, -0.1) is 0 Å². The van der Waals surface area contributed by atoms with E-state index in [1.54, 1.807) is 0 Å². The van der Waals surface area contributed by atoms with E-state index in [0.29, 0.717) is 12.5 Å². The summed E-state index contributed by atoms with van der Waals surface area (Å²) in [7, 11) is 1.92. The van der Waals surface area contributed by atoms with Gasteiger partial charge in [0.15, 0.2) is 0 Å². The normalized spacial score (nSPS) is 13.7. The van der Waals surface area contributed by atoms with E-state index in [0.717, 1.165) is 19.4 Å². The van der Waals surface area contributed by atoms with Crippen molar-refractivity contribution in [3.05, 3.63) is 0 Å². The molecule has 9 heavy (non-hydrogen) atoms. The Balaban J connectivity index is 3.18. The van der Waals surface area contributed by atoms with Crippen molar-refractivity contribution in [2.45, 2.75) is 19.8 Å². The molecule has 0 aromatic rings. The summed E-state index contributed by atoms with van der Waals surface area (Å²) in [4.78, 5) is 0. The molecule has 1 atom stereocenters. The fraction of sp³-hybridized carbons (Fsp3) is 1.00. The minimum absolute atomic E-state index is 0.314. The van der Waals surface area contributed by atoms with E-state index in [-0.39, 0.29) is 0 Å². The van der Waals surface area contributed by atoms with E-state index in [4.69, 9.17) is 5.11 Å². The van der Waals surface area contributed by atoms with Crippen LogP contribution < -0.4 is 5.32 Å². The van der Waals surface area contributed by atoms with Crippen molar-refractivity contribution in [1.29, 1.82) is 0 Å². The maximum atomic E-state index is 8.75. The Bertz CT molecular complexity index is 50.9. The van der Waals surface area contributed by atoms with Gasteiger partial charge in [-0.1, -0.05) is 13.3 Å². The van der Waals surface area contributed by atoms with Crippen LogP contribution in [0.4, 0.5) is 0 Å². The summed E-state index contributed by atoms with van der Waals surface area (Å²) < 4.78 is 0. The van der Waals surface area contributed by atoms with Crippen LogP contribution in [-0.2, 0) is 0 Å². The number of nitrogens with one attached hydrogen (secondary N) is 1. The Labute approximate surface area is 57.3 Å². The van der Waals surface area contributed by atoms with Crippen LogP contribution in [0.25, 0.3) is 0 Å². The van der Waals surface area contributed by atoms with Crippen LogP contribution in [0.3, 0.4) is 0 Å². The first-order valence-corrected chi connectivity index (χ1v) is 3.60. The van der Waals surface area contributed by atoms with Crippen molar-refractivity contribution in [3.8, 4) is 0 Å². The topological polar surface area (TPSA) is 32.3 Å². The first-order chi connectivity index (χ1) is 4.35. The summed E-state index contributed by atoms with van der Waals surface area (Å²) in [6.45, 7) is 3.39. The molecule has 0 rings (SSSR count). The van der Waals surface area contributed by atoms with Gasteiger partial charge in [-0.3, -0.25) is 0 Å². The van der Waals surface area contributed by atoms with Gasteiger partial charge in [-0.05, 0) is 25.9 Å². The van der Waals surface area contributed by atoms with Crippen LogP contribution in [-0.4, -0.2) is 25.3 Å². The number of aliphatic hydroxyl groups is 1. The average molecular weight is 131 g/mol. The molecule has 2 N–H and O–H groups in total. The third-order valence-corrected chi connectivity index (χ3v) is 1.45. The first kappa shape index (κ1) is 8.92. The molecule has 0 aliphatic carbocycles. The molecule has 1 unspecified atom stereocenters. The zero-order chi connectivity index (χ0) is 7.11. The number of rotatable bonds is 5. The van der Waals surface area contributed by atoms with Crippen LogP contribution in [0.15, 0.2) is 0 Å². The number of aliphatic hydroxyl groups excluding tert-OH is 1. The van der Waals surface area contributed by atoms with Gasteiger partial charge < -0.3 is 10.4 Å². The number of hydrogen-bond donors (Lipinski definition) is 2. The molecule has 0 saturated heterocycles. The monoisotopic (exact) mass is 131 g/mol. The highest BCUT2D eigenvalue weighted by molar-refractivity contribution is 4.57. The fourth-order valence-electron chi connectivity index (χ4n) is 0.955. The molecular formula is C7H17NO.